The van der Waals surface area contributed by atoms with Gasteiger partial charge in [0.15, 0.2) is 5.76 Å². The number of hydrogen-bond donors (Lipinski definition) is 2. The predicted molar refractivity (Wildman–Crippen MR) is 68.6 cm³/mol. The van der Waals surface area contributed by atoms with Gasteiger partial charge in [-0.2, -0.15) is 0 Å². The van der Waals surface area contributed by atoms with Crippen molar-refractivity contribution >= 4 is 5.91 Å². The highest BCUT2D eigenvalue weighted by Crippen LogP contribution is 2.21. The molecule has 5 nitrogen and oxygen atoms in total. The Bertz CT molecular complexity index is 386. The Morgan fingerprint density at radius 3 is 2.72 bits per heavy atom. The second kappa shape index (κ2) is 7.16. The van der Waals surface area contributed by atoms with Gasteiger partial charge in [-0.15, -0.1) is 0 Å². The van der Waals surface area contributed by atoms with Crippen molar-refractivity contribution in [2.24, 2.45) is 0 Å². The lowest BCUT2D eigenvalue weighted by Crippen LogP contribution is -2.25. The zero-order chi connectivity index (χ0) is 13.5. The first-order valence-electron chi connectivity index (χ1n) is 6.43. The topological polar surface area (TPSA) is 75.4 Å². The molecule has 0 saturated heterocycles. The zero-order valence-electron chi connectivity index (χ0n) is 11.3. The van der Waals surface area contributed by atoms with Gasteiger partial charge in [0.25, 0.3) is 5.91 Å². The Morgan fingerprint density at radius 1 is 1.39 bits per heavy atom. The lowest BCUT2D eigenvalue weighted by molar-refractivity contribution is 0.0950. The van der Waals surface area contributed by atoms with Crippen LogP contribution in [0.5, 0.6) is 0 Å². The highest BCUT2D eigenvalue weighted by molar-refractivity contribution is 5.96. The van der Waals surface area contributed by atoms with Crippen LogP contribution in [0.4, 0.5) is 0 Å². The molecule has 0 radical (unpaired) electrons. The molecule has 0 atom stereocenters. The highest BCUT2D eigenvalue weighted by atomic mass is 16.5. The van der Waals surface area contributed by atoms with E-state index in [1.54, 1.807) is 6.92 Å². The molecule has 0 fully saturated rings. The predicted octanol–water partition coefficient (Wildman–Crippen LogP) is 2.00. The van der Waals surface area contributed by atoms with Crippen LogP contribution in [0.15, 0.2) is 4.52 Å². The van der Waals surface area contributed by atoms with E-state index in [0.717, 1.165) is 19.3 Å². The molecule has 1 aromatic heterocycles. The lowest BCUT2D eigenvalue weighted by atomic mass is 10.0. The van der Waals surface area contributed by atoms with Crippen molar-refractivity contribution in [3.05, 3.63) is 17.0 Å². The Kier molecular flexibility index (Phi) is 5.85. The Hall–Kier alpha value is -1.36. The van der Waals surface area contributed by atoms with Crippen molar-refractivity contribution < 1.29 is 14.4 Å². The number of nitrogens with one attached hydrogen (secondary N) is 1. The van der Waals surface area contributed by atoms with E-state index in [9.17, 15) is 4.79 Å². The third kappa shape index (κ3) is 3.84. The van der Waals surface area contributed by atoms with E-state index in [4.69, 9.17) is 9.63 Å². The van der Waals surface area contributed by atoms with Gasteiger partial charge in [-0.25, -0.2) is 0 Å². The molecule has 0 aliphatic heterocycles. The average Bonchev–Trinajstić information content (AvgIpc) is 2.71. The van der Waals surface area contributed by atoms with Crippen LogP contribution in [0.25, 0.3) is 0 Å². The second-order valence-corrected chi connectivity index (χ2v) is 4.70. The third-order valence-corrected chi connectivity index (χ3v) is 2.76. The number of rotatable bonds is 7. The first-order valence-corrected chi connectivity index (χ1v) is 6.43. The van der Waals surface area contributed by atoms with Crippen LogP contribution >= 0.6 is 0 Å². The van der Waals surface area contributed by atoms with Gasteiger partial charge >= 0.3 is 0 Å². The fraction of sp³-hybridized carbons (Fsp3) is 0.692. The first-order chi connectivity index (χ1) is 8.57. The van der Waals surface area contributed by atoms with Crippen LogP contribution in [0.3, 0.4) is 0 Å². The van der Waals surface area contributed by atoms with E-state index in [2.05, 4.69) is 10.5 Å². The monoisotopic (exact) mass is 254 g/mol. The smallest absolute Gasteiger partial charge is 0.256 e. The van der Waals surface area contributed by atoms with Crippen LogP contribution in [0.1, 0.15) is 60.8 Å². The van der Waals surface area contributed by atoms with E-state index in [0.29, 0.717) is 23.6 Å². The van der Waals surface area contributed by atoms with Crippen molar-refractivity contribution in [3.8, 4) is 0 Å². The molecule has 0 aliphatic carbocycles. The lowest BCUT2D eigenvalue weighted by Gasteiger charge is -2.06. The minimum absolute atomic E-state index is 0.124. The van der Waals surface area contributed by atoms with Crippen LogP contribution in [0.2, 0.25) is 0 Å². The third-order valence-electron chi connectivity index (χ3n) is 2.76. The molecule has 0 bridgehead atoms. The largest absolute Gasteiger partial charge is 0.396 e. The van der Waals surface area contributed by atoms with Gasteiger partial charge in [0.05, 0.1) is 5.69 Å². The molecule has 1 amide bonds. The summed E-state index contributed by atoms with van der Waals surface area (Å²) in [7, 11) is 0. The highest BCUT2D eigenvalue weighted by Gasteiger charge is 2.21. The number of carbonyl (C=O) groups excluding carboxylic acids is 1. The summed E-state index contributed by atoms with van der Waals surface area (Å²) in [6.45, 7) is 6.53. The van der Waals surface area contributed by atoms with Gasteiger partial charge in [0.1, 0.15) is 5.56 Å². The molecule has 0 spiro atoms. The molecule has 0 saturated carbocycles. The summed E-state index contributed by atoms with van der Waals surface area (Å²) in [6, 6.07) is 0. The van der Waals surface area contributed by atoms with Gasteiger partial charge in [-0.05, 0) is 26.2 Å². The zero-order valence-corrected chi connectivity index (χ0v) is 11.3. The molecule has 0 aliphatic rings. The number of hydrogen-bond acceptors (Lipinski definition) is 4. The standard InChI is InChI=1S/C13H22N2O3/c1-9(2)12-11(10(3)15-18-12)13(17)14-7-5-4-6-8-16/h9,16H,4-8H2,1-3H3,(H,14,17). The molecule has 0 unspecified atom stereocenters. The Morgan fingerprint density at radius 2 is 2.11 bits per heavy atom. The summed E-state index contributed by atoms with van der Waals surface area (Å²) >= 11 is 0. The van der Waals surface area contributed by atoms with E-state index >= 15 is 0 Å². The quantitative estimate of drug-likeness (QED) is 0.730. The summed E-state index contributed by atoms with van der Waals surface area (Å²) in [6.07, 6.45) is 2.56. The summed E-state index contributed by atoms with van der Waals surface area (Å²) in [5.41, 5.74) is 1.19. The van der Waals surface area contributed by atoms with Crippen molar-refractivity contribution in [1.82, 2.24) is 10.5 Å². The maximum atomic E-state index is 12.0. The van der Waals surface area contributed by atoms with E-state index in [-0.39, 0.29) is 18.4 Å². The van der Waals surface area contributed by atoms with Gasteiger partial charge in [-0.3, -0.25) is 4.79 Å². The molecule has 18 heavy (non-hydrogen) atoms. The van der Waals surface area contributed by atoms with Crippen LogP contribution in [-0.2, 0) is 0 Å². The maximum absolute atomic E-state index is 12.0. The SMILES string of the molecule is Cc1noc(C(C)C)c1C(=O)NCCCCCO. The second-order valence-electron chi connectivity index (χ2n) is 4.70. The number of amides is 1. The summed E-state index contributed by atoms with van der Waals surface area (Å²) < 4.78 is 5.18. The first kappa shape index (κ1) is 14.7. The summed E-state index contributed by atoms with van der Waals surface area (Å²) in [5.74, 6) is 0.656. The number of aromatic nitrogens is 1. The van der Waals surface area contributed by atoms with Crippen molar-refractivity contribution in [2.75, 3.05) is 13.2 Å². The van der Waals surface area contributed by atoms with Crippen molar-refractivity contribution in [1.29, 1.82) is 0 Å². The molecule has 102 valence electrons. The van der Waals surface area contributed by atoms with Gasteiger partial charge in [-0.1, -0.05) is 19.0 Å². The number of unbranched alkanes of at least 4 members (excludes halogenated alkanes) is 2. The minimum Gasteiger partial charge on any atom is -0.396 e. The molecule has 1 aromatic rings. The van der Waals surface area contributed by atoms with Crippen molar-refractivity contribution in [2.45, 2.75) is 46.0 Å². The molecule has 0 aromatic carbocycles. The number of carbonyl (C=O) groups is 1. The molecule has 5 heteroatoms. The molecular weight excluding hydrogens is 232 g/mol. The van der Waals surface area contributed by atoms with Gasteiger partial charge in [0.2, 0.25) is 0 Å². The van der Waals surface area contributed by atoms with E-state index in [1.807, 2.05) is 13.8 Å². The maximum Gasteiger partial charge on any atom is 0.256 e. The fourth-order valence-corrected chi connectivity index (χ4v) is 1.76. The fourth-order valence-electron chi connectivity index (χ4n) is 1.76. The Labute approximate surface area is 108 Å². The summed E-state index contributed by atoms with van der Waals surface area (Å²) in [4.78, 5) is 12.0. The van der Waals surface area contributed by atoms with Crippen LogP contribution in [0, 0.1) is 6.92 Å². The molecular formula is C13H22N2O3. The number of nitrogens with zero attached hydrogens (tertiary/aromatic N) is 1. The number of aryl methyl sites for hydroxylation is 1. The Balaban J connectivity index is 2.53. The van der Waals surface area contributed by atoms with Crippen molar-refractivity contribution in [3.63, 3.8) is 0 Å². The molecule has 1 heterocycles. The molecule has 2 N–H and O–H groups in total. The molecule has 1 rings (SSSR count). The number of aliphatic hydroxyl groups excluding tert-OH is 1. The van der Waals surface area contributed by atoms with E-state index < -0.39 is 0 Å². The van der Waals surface area contributed by atoms with Gasteiger partial charge < -0.3 is 14.9 Å². The average molecular weight is 254 g/mol. The number of aliphatic hydroxyl groups is 1. The van der Waals surface area contributed by atoms with E-state index in [1.165, 1.54) is 0 Å². The minimum atomic E-state index is -0.124. The van der Waals surface area contributed by atoms with Gasteiger partial charge in [0, 0.05) is 19.1 Å². The van der Waals surface area contributed by atoms with Crippen LogP contribution in [-0.4, -0.2) is 29.3 Å². The summed E-state index contributed by atoms with van der Waals surface area (Å²) in [5, 5.41) is 15.4. The van der Waals surface area contributed by atoms with Crippen LogP contribution < -0.4 is 5.32 Å². The normalized spacial score (nSPS) is 10.9.